The molecule has 0 heterocycles. The summed E-state index contributed by atoms with van der Waals surface area (Å²) >= 11 is 0. The number of amides is 1. The van der Waals surface area contributed by atoms with E-state index in [1.165, 1.54) is 25.8 Å². The average Bonchev–Trinajstić information content (AvgIpc) is 2.37. The van der Waals surface area contributed by atoms with E-state index in [0.717, 1.165) is 0 Å². The molecule has 0 aliphatic carbocycles. The third-order valence-corrected chi connectivity index (χ3v) is 3.27. The number of likely N-dealkylation sites (N-methyl/N-ethyl adjacent to an activating group) is 1. The van der Waals surface area contributed by atoms with Crippen LogP contribution in [0.2, 0.25) is 0 Å². The Bertz CT molecular complexity index is 486. The summed E-state index contributed by atoms with van der Waals surface area (Å²) in [7, 11) is 1.47. The van der Waals surface area contributed by atoms with Gasteiger partial charge in [0.2, 0.25) is 5.91 Å². The number of benzene rings is 1. The highest BCUT2D eigenvalue weighted by Gasteiger charge is 2.43. The quantitative estimate of drug-likeness (QED) is 0.882. The topological polar surface area (TPSA) is 66.8 Å². The minimum Gasteiger partial charge on any atom is -0.493 e. The molecule has 1 atom stereocenters. The van der Waals surface area contributed by atoms with Gasteiger partial charge in [-0.3, -0.25) is 4.79 Å². The molecule has 1 aromatic carbocycles. The lowest BCUT2D eigenvalue weighted by molar-refractivity contribution is -0.156. The molecule has 0 aromatic heterocycles. The maximum Gasteiger partial charge on any atom is 0.334 e. The lowest BCUT2D eigenvalue weighted by atomic mass is 9.89. The van der Waals surface area contributed by atoms with Gasteiger partial charge in [0.05, 0.1) is 6.61 Å². The van der Waals surface area contributed by atoms with Gasteiger partial charge in [-0.2, -0.15) is 0 Å². The third-order valence-electron chi connectivity index (χ3n) is 3.27. The van der Waals surface area contributed by atoms with Gasteiger partial charge >= 0.3 is 5.97 Å². The SMILES string of the molecule is CCOc1ccccc1C(C)(C(=O)O)N(C)C(C)=O. The fourth-order valence-corrected chi connectivity index (χ4v) is 1.90. The smallest absolute Gasteiger partial charge is 0.334 e. The summed E-state index contributed by atoms with van der Waals surface area (Å²) in [4.78, 5) is 24.4. The molecule has 0 saturated heterocycles. The molecule has 1 aromatic rings. The molecule has 104 valence electrons. The summed E-state index contributed by atoms with van der Waals surface area (Å²) in [5.41, 5.74) is -1.00. The second-order valence-corrected chi connectivity index (χ2v) is 4.38. The molecule has 1 N–H and O–H groups in total. The van der Waals surface area contributed by atoms with Crippen molar-refractivity contribution in [2.75, 3.05) is 13.7 Å². The summed E-state index contributed by atoms with van der Waals surface area (Å²) in [6.45, 7) is 5.08. The summed E-state index contributed by atoms with van der Waals surface area (Å²) in [5.74, 6) is -0.948. The Balaban J connectivity index is 3.42. The van der Waals surface area contributed by atoms with Crippen molar-refractivity contribution in [3.63, 3.8) is 0 Å². The van der Waals surface area contributed by atoms with Gasteiger partial charge in [-0.15, -0.1) is 0 Å². The van der Waals surface area contributed by atoms with E-state index < -0.39 is 11.5 Å². The molecule has 1 rings (SSSR count). The number of rotatable bonds is 5. The molecular weight excluding hydrogens is 246 g/mol. The number of carbonyl (C=O) groups excluding carboxylic acids is 1. The van der Waals surface area contributed by atoms with E-state index in [1.807, 2.05) is 6.92 Å². The van der Waals surface area contributed by atoms with E-state index in [-0.39, 0.29) is 5.91 Å². The number of ether oxygens (including phenoxy) is 1. The molecule has 0 saturated carbocycles. The molecule has 0 bridgehead atoms. The van der Waals surface area contributed by atoms with Crippen molar-refractivity contribution >= 4 is 11.9 Å². The van der Waals surface area contributed by atoms with Gasteiger partial charge < -0.3 is 14.7 Å². The van der Waals surface area contributed by atoms with Crippen LogP contribution >= 0.6 is 0 Å². The van der Waals surface area contributed by atoms with Crippen LogP contribution in [-0.2, 0) is 15.1 Å². The Labute approximate surface area is 112 Å². The lowest BCUT2D eigenvalue weighted by Gasteiger charge is -2.35. The maximum absolute atomic E-state index is 11.7. The first-order valence-corrected chi connectivity index (χ1v) is 6.05. The van der Waals surface area contributed by atoms with Crippen LogP contribution in [0.4, 0.5) is 0 Å². The molecule has 0 radical (unpaired) electrons. The second-order valence-electron chi connectivity index (χ2n) is 4.38. The number of carboxylic acids is 1. The fourth-order valence-electron chi connectivity index (χ4n) is 1.90. The lowest BCUT2D eigenvalue weighted by Crippen LogP contribution is -2.50. The number of hydrogen-bond acceptors (Lipinski definition) is 3. The second kappa shape index (κ2) is 5.73. The highest BCUT2D eigenvalue weighted by atomic mass is 16.5. The van der Waals surface area contributed by atoms with Crippen molar-refractivity contribution < 1.29 is 19.4 Å². The normalized spacial score (nSPS) is 13.5. The Hall–Kier alpha value is -2.04. The van der Waals surface area contributed by atoms with Crippen molar-refractivity contribution in [3.05, 3.63) is 29.8 Å². The molecule has 0 spiro atoms. The van der Waals surface area contributed by atoms with Crippen molar-refractivity contribution in [1.82, 2.24) is 4.90 Å². The van der Waals surface area contributed by atoms with Gasteiger partial charge in [0.25, 0.3) is 0 Å². The third kappa shape index (κ3) is 2.70. The Morgan fingerprint density at radius 1 is 1.37 bits per heavy atom. The van der Waals surface area contributed by atoms with E-state index in [0.29, 0.717) is 17.9 Å². The first kappa shape index (κ1) is 15.0. The van der Waals surface area contributed by atoms with Crippen LogP contribution in [0.25, 0.3) is 0 Å². The van der Waals surface area contributed by atoms with E-state index in [4.69, 9.17) is 4.74 Å². The first-order chi connectivity index (χ1) is 8.85. The average molecular weight is 265 g/mol. The summed E-state index contributed by atoms with van der Waals surface area (Å²) in [6.07, 6.45) is 0. The standard InChI is InChI=1S/C14H19NO4/c1-5-19-12-9-7-6-8-11(12)14(3,13(17)18)15(4)10(2)16/h6-9H,5H2,1-4H3,(H,17,18). The van der Waals surface area contributed by atoms with Crippen molar-refractivity contribution in [3.8, 4) is 5.75 Å². The number of aliphatic carboxylic acids is 1. The number of hydrogen-bond donors (Lipinski definition) is 1. The first-order valence-electron chi connectivity index (χ1n) is 6.05. The van der Waals surface area contributed by atoms with Crippen molar-refractivity contribution in [1.29, 1.82) is 0 Å². The summed E-state index contributed by atoms with van der Waals surface area (Å²) in [6, 6.07) is 6.87. The molecule has 1 unspecified atom stereocenters. The maximum atomic E-state index is 11.7. The number of para-hydroxylation sites is 1. The number of carboxylic acid groups (broad SMARTS) is 1. The van der Waals surface area contributed by atoms with Gasteiger partial charge in [0, 0.05) is 19.5 Å². The van der Waals surface area contributed by atoms with Gasteiger partial charge in [-0.25, -0.2) is 4.79 Å². The van der Waals surface area contributed by atoms with Gasteiger partial charge in [0.1, 0.15) is 5.75 Å². The molecule has 0 aliphatic heterocycles. The van der Waals surface area contributed by atoms with E-state index in [9.17, 15) is 14.7 Å². The van der Waals surface area contributed by atoms with Crippen LogP contribution in [0, 0.1) is 0 Å². The molecule has 0 aliphatic rings. The van der Waals surface area contributed by atoms with Gasteiger partial charge in [-0.1, -0.05) is 18.2 Å². The fraction of sp³-hybridized carbons (Fsp3) is 0.429. The Kier molecular flexibility index (Phi) is 4.53. The molecule has 5 heteroatoms. The predicted octanol–water partition coefficient (Wildman–Crippen LogP) is 1.86. The van der Waals surface area contributed by atoms with Gasteiger partial charge in [-0.05, 0) is 19.9 Å². The van der Waals surface area contributed by atoms with Crippen LogP contribution in [-0.4, -0.2) is 35.5 Å². The van der Waals surface area contributed by atoms with Crippen LogP contribution in [0.5, 0.6) is 5.75 Å². The Morgan fingerprint density at radius 3 is 2.42 bits per heavy atom. The zero-order chi connectivity index (χ0) is 14.6. The largest absolute Gasteiger partial charge is 0.493 e. The molecule has 1 amide bonds. The zero-order valence-corrected chi connectivity index (χ0v) is 11.6. The minimum atomic E-state index is -1.46. The van der Waals surface area contributed by atoms with Crippen LogP contribution in [0.3, 0.4) is 0 Å². The van der Waals surface area contributed by atoms with Crippen LogP contribution in [0.1, 0.15) is 26.3 Å². The number of nitrogens with zero attached hydrogens (tertiary/aromatic N) is 1. The monoisotopic (exact) mass is 265 g/mol. The minimum absolute atomic E-state index is 0.323. The zero-order valence-electron chi connectivity index (χ0n) is 11.6. The molecule has 19 heavy (non-hydrogen) atoms. The highest BCUT2D eigenvalue weighted by Crippen LogP contribution is 2.34. The predicted molar refractivity (Wildman–Crippen MR) is 71.0 cm³/mol. The van der Waals surface area contributed by atoms with E-state index >= 15 is 0 Å². The number of carbonyl (C=O) groups is 2. The summed E-state index contributed by atoms with van der Waals surface area (Å²) in [5, 5.41) is 9.55. The summed E-state index contributed by atoms with van der Waals surface area (Å²) < 4.78 is 5.46. The van der Waals surface area contributed by atoms with Crippen molar-refractivity contribution in [2.45, 2.75) is 26.3 Å². The molecule has 0 fully saturated rings. The van der Waals surface area contributed by atoms with E-state index in [1.54, 1.807) is 24.3 Å². The van der Waals surface area contributed by atoms with E-state index in [2.05, 4.69) is 0 Å². The van der Waals surface area contributed by atoms with Crippen LogP contribution < -0.4 is 4.74 Å². The van der Waals surface area contributed by atoms with Crippen molar-refractivity contribution in [2.24, 2.45) is 0 Å². The molecular formula is C14H19NO4. The highest BCUT2D eigenvalue weighted by molar-refractivity contribution is 5.87. The molecule has 5 nitrogen and oxygen atoms in total. The van der Waals surface area contributed by atoms with Crippen LogP contribution in [0.15, 0.2) is 24.3 Å². The Morgan fingerprint density at radius 2 is 1.95 bits per heavy atom. The van der Waals surface area contributed by atoms with Gasteiger partial charge in [0.15, 0.2) is 5.54 Å².